The molecule has 2 fully saturated rings. The Kier molecular flexibility index (Phi) is 7.83. The van der Waals surface area contributed by atoms with Gasteiger partial charge in [0.05, 0.1) is 0 Å². The summed E-state index contributed by atoms with van der Waals surface area (Å²) in [5.41, 5.74) is 0. The van der Waals surface area contributed by atoms with E-state index in [1.807, 2.05) is 0 Å². The normalized spacial score (nSPS) is 18.6. The van der Waals surface area contributed by atoms with E-state index in [4.69, 9.17) is 0 Å². The first-order valence-electron chi connectivity index (χ1n) is 7.52. The Morgan fingerprint density at radius 2 is 1.79 bits per heavy atom. The number of urea groups is 1. The van der Waals surface area contributed by atoms with Gasteiger partial charge in [-0.15, -0.1) is 19.0 Å². The third-order valence-electron chi connectivity index (χ3n) is 3.71. The minimum absolute atomic E-state index is 0. The van der Waals surface area contributed by atoms with E-state index in [0.29, 0.717) is 18.0 Å². The van der Waals surface area contributed by atoms with Crippen LogP contribution in [0.4, 0.5) is 4.79 Å². The number of piperazine rings is 1. The predicted octanol–water partition coefficient (Wildman–Crippen LogP) is -1.59. The molecule has 0 atom stereocenters. The average molecular weight is 360 g/mol. The van der Waals surface area contributed by atoms with E-state index in [1.54, 1.807) is 0 Å². The molecule has 2 saturated heterocycles. The first-order valence-corrected chi connectivity index (χ1v) is 7.52. The third kappa shape index (κ3) is 4.76. The van der Waals surface area contributed by atoms with Gasteiger partial charge in [-0.2, -0.15) is 0 Å². The lowest BCUT2D eigenvalue weighted by Crippen LogP contribution is -2.47. The highest BCUT2D eigenvalue weighted by Crippen LogP contribution is 2.11. The van der Waals surface area contributed by atoms with Gasteiger partial charge in [0.25, 0.3) is 0 Å². The van der Waals surface area contributed by atoms with Crippen LogP contribution < -0.4 is 10.6 Å². The van der Waals surface area contributed by atoms with Crippen LogP contribution in [0, 0.1) is 0 Å². The Hall–Kier alpha value is -1.97. The molecule has 5 amide bonds. The van der Waals surface area contributed by atoms with Gasteiger partial charge in [-0.05, 0) is 0 Å². The molecule has 134 valence electrons. The molecule has 0 aromatic rings. The van der Waals surface area contributed by atoms with Crippen molar-refractivity contribution in [3.8, 4) is 0 Å². The number of hydrogen-bond acceptors (Lipinski definition) is 6. The van der Waals surface area contributed by atoms with Crippen LogP contribution in [0.25, 0.3) is 0 Å². The Morgan fingerprint density at radius 3 is 2.42 bits per heavy atom. The second-order valence-corrected chi connectivity index (χ2v) is 5.32. The lowest BCUT2D eigenvalue weighted by Gasteiger charge is -2.27. The zero-order valence-corrected chi connectivity index (χ0v) is 14.1. The van der Waals surface area contributed by atoms with Crippen LogP contribution in [0.3, 0.4) is 0 Å². The van der Waals surface area contributed by atoms with Gasteiger partial charge < -0.3 is 10.6 Å². The van der Waals surface area contributed by atoms with Gasteiger partial charge in [0, 0.05) is 45.8 Å². The molecule has 0 aromatic heterocycles. The number of halogens is 1. The minimum Gasteiger partial charge on any atom is -0.353 e. The summed E-state index contributed by atoms with van der Waals surface area (Å²) in [4.78, 5) is 50.8. The summed E-state index contributed by atoms with van der Waals surface area (Å²) < 4.78 is 0. The molecule has 2 N–H and O–H groups in total. The summed E-state index contributed by atoms with van der Waals surface area (Å²) in [6.45, 7) is 7.75. The maximum Gasteiger partial charge on any atom is 0.335 e. The molecule has 2 rings (SSSR count). The van der Waals surface area contributed by atoms with Gasteiger partial charge in [-0.1, -0.05) is 6.08 Å². The summed E-state index contributed by atoms with van der Waals surface area (Å²) in [6.07, 6.45) is 1.35. The molecule has 0 aliphatic carbocycles. The van der Waals surface area contributed by atoms with E-state index < -0.39 is 30.3 Å². The molecule has 0 bridgehead atoms. The van der Waals surface area contributed by atoms with Crippen molar-refractivity contribution < 1.29 is 19.2 Å². The summed E-state index contributed by atoms with van der Waals surface area (Å²) in [5.74, 6) is -2.37. The highest BCUT2D eigenvalue weighted by atomic mass is 35.5. The number of nitrogens with one attached hydrogen (secondary N) is 2. The largest absolute Gasteiger partial charge is 0.353 e. The van der Waals surface area contributed by atoms with Gasteiger partial charge in [-0.3, -0.25) is 24.2 Å². The van der Waals surface area contributed by atoms with Gasteiger partial charge in [0.2, 0.25) is 5.91 Å². The first kappa shape index (κ1) is 20.1. The average Bonchev–Trinajstić information content (AvgIpc) is 2.74. The summed E-state index contributed by atoms with van der Waals surface area (Å²) in [7, 11) is 0. The number of carbonyl (C=O) groups is 4. The lowest BCUT2D eigenvalue weighted by atomic mass is 10.3. The maximum absolute atomic E-state index is 11.9. The standard InChI is InChI=1S/C14H21N5O4.ClH/c1-2-6-18-12(21)13(22)19(14(18)23)10-11(20)16-5-9-17-7-3-15-4-8-17;/h2,15H,1,3-10H2,(H,16,20);1H. The Labute approximate surface area is 146 Å². The fourth-order valence-corrected chi connectivity index (χ4v) is 2.47. The molecule has 0 spiro atoms. The van der Waals surface area contributed by atoms with E-state index in [1.165, 1.54) is 6.08 Å². The molecule has 0 saturated carbocycles. The number of hydrogen-bond donors (Lipinski definition) is 2. The number of carbonyl (C=O) groups excluding carboxylic acids is 4. The highest BCUT2D eigenvalue weighted by molar-refractivity contribution is 6.45. The van der Waals surface area contributed by atoms with Crippen molar-refractivity contribution in [3.05, 3.63) is 12.7 Å². The molecule has 24 heavy (non-hydrogen) atoms. The van der Waals surface area contributed by atoms with Crippen molar-refractivity contribution in [2.24, 2.45) is 0 Å². The molecule has 2 aliphatic heterocycles. The van der Waals surface area contributed by atoms with E-state index in [9.17, 15) is 19.2 Å². The summed E-state index contributed by atoms with van der Waals surface area (Å²) >= 11 is 0. The molecule has 0 radical (unpaired) electrons. The van der Waals surface area contributed by atoms with Crippen LogP contribution in [0.1, 0.15) is 0 Å². The SMILES string of the molecule is C=CCN1C(=O)C(=O)N(CC(=O)NCCN2CCNCC2)C1=O.Cl. The molecular weight excluding hydrogens is 338 g/mol. The van der Waals surface area contributed by atoms with E-state index in [-0.39, 0.29) is 19.0 Å². The fourth-order valence-electron chi connectivity index (χ4n) is 2.47. The van der Waals surface area contributed by atoms with Crippen molar-refractivity contribution in [2.75, 3.05) is 52.4 Å². The molecule has 0 aromatic carbocycles. The van der Waals surface area contributed by atoms with Gasteiger partial charge in [0.15, 0.2) is 0 Å². The van der Waals surface area contributed by atoms with Crippen molar-refractivity contribution in [2.45, 2.75) is 0 Å². The number of rotatable bonds is 7. The minimum atomic E-state index is -0.978. The molecule has 2 aliphatic rings. The maximum atomic E-state index is 11.9. The smallest absolute Gasteiger partial charge is 0.335 e. The van der Waals surface area contributed by atoms with Crippen molar-refractivity contribution in [3.63, 3.8) is 0 Å². The van der Waals surface area contributed by atoms with Gasteiger partial charge >= 0.3 is 17.8 Å². The van der Waals surface area contributed by atoms with E-state index in [2.05, 4.69) is 22.1 Å². The van der Waals surface area contributed by atoms with Crippen LogP contribution in [-0.2, 0) is 14.4 Å². The second-order valence-electron chi connectivity index (χ2n) is 5.32. The van der Waals surface area contributed by atoms with E-state index >= 15 is 0 Å². The van der Waals surface area contributed by atoms with Crippen LogP contribution in [0.2, 0.25) is 0 Å². The molecule has 2 heterocycles. The zero-order valence-electron chi connectivity index (χ0n) is 13.3. The first-order chi connectivity index (χ1) is 11.0. The monoisotopic (exact) mass is 359 g/mol. The van der Waals surface area contributed by atoms with Crippen LogP contribution in [-0.4, -0.2) is 90.8 Å². The fraction of sp³-hybridized carbons (Fsp3) is 0.571. The van der Waals surface area contributed by atoms with Crippen molar-refractivity contribution in [1.29, 1.82) is 0 Å². The molecule has 9 nitrogen and oxygen atoms in total. The summed E-state index contributed by atoms with van der Waals surface area (Å²) in [5, 5.41) is 5.90. The predicted molar refractivity (Wildman–Crippen MR) is 88.6 cm³/mol. The quantitative estimate of drug-likeness (QED) is 0.323. The molecule has 0 unspecified atom stereocenters. The highest BCUT2D eigenvalue weighted by Gasteiger charge is 2.44. The van der Waals surface area contributed by atoms with Crippen LogP contribution in [0.15, 0.2) is 12.7 Å². The Bertz CT molecular complexity index is 521. The topological polar surface area (TPSA) is 102 Å². The van der Waals surface area contributed by atoms with Crippen molar-refractivity contribution in [1.82, 2.24) is 25.3 Å². The molecular formula is C14H22ClN5O4. The van der Waals surface area contributed by atoms with Gasteiger partial charge in [-0.25, -0.2) is 9.69 Å². The lowest BCUT2D eigenvalue weighted by molar-refractivity contribution is -0.143. The summed E-state index contributed by atoms with van der Waals surface area (Å²) in [6, 6.07) is -0.780. The third-order valence-corrected chi connectivity index (χ3v) is 3.71. The second kappa shape index (κ2) is 9.36. The Morgan fingerprint density at radius 1 is 1.17 bits per heavy atom. The van der Waals surface area contributed by atoms with Crippen LogP contribution >= 0.6 is 12.4 Å². The Balaban J connectivity index is 0.00000288. The van der Waals surface area contributed by atoms with E-state index in [0.717, 1.165) is 31.1 Å². The molecule has 10 heteroatoms. The van der Waals surface area contributed by atoms with Crippen molar-refractivity contribution >= 4 is 36.2 Å². The number of nitrogens with zero attached hydrogens (tertiary/aromatic N) is 3. The number of amides is 5. The number of imide groups is 2. The van der Waals surface area contributed by atoms with Gasteiger partial charge in [0.1, 0.15) is 6.54 Å². The van der Waals surface area contributed by atoms with Crippen LogP contribution in [0.5, 0.6) is 0 Å². The zero-order chi connectivity index (χ0) is 16.8.